The second-order valence-corrected chi connectivity index (χ2v) is 5.56. The Balaban J connectivity index is 2.94. The summed E-state index contributed by atoms with van der Waals surface area (Å²) >= 11 is 0. The van der Waals surface area contributed by atoms with E-state index < -0.39 is 22.5 Å². The van der Waals surface area contributed by atoms with Crippen molar-refractivity contribution < 1.29 is 27.9 Å². The lowest BCUT2D eigenvalue weighted by Crippen LogP contribution is -2.26. The predicted molar refractivity (Wildman–Crippen MR) is 67.5 cm³/mol. The van der Waals surface area contributed by atoms with Crippen molar-refractivity contribution >= 4 is 16.0 Å². The Morgan fingerprint density at radius 3 is 2.60 bits per heavy atom. The van der Waals surface area contributed by atoms with Crippen LogP contribution < -0.4 is 4.89 Å². The molecule has 0 fully saturated rings. The van der Waals surface area contributed by atoms with Crippen LogP contribution in [0.3, 0.4) is 0 Å². The molecule has 114 valence electrons. The molecular formula is C10H17N3O6S. The van der Waals surface area contributed by atoms with Crippen LogP contribution in [-0.4, -0.2) is 49.6 Å². The molecule has 9 nitrogen and oxygen atoms in total. The van der Waals surface area contributed by atoms with Crippen LogP contribution in [0.1, 0.15) is 11.4 Å². The minimum Gasteiger partial charge on any atom is -0.480 e. The van der Waals surface area contributed by atoms with Crippen molar-refractivity contribution in [1.82, 2.24) is 14.7 Å². The normalized spacial score (nSPS) is 11.8. The highest BCUT2D eigenvalue weighted by Crippen LogP contribution is 2.19. The fourth-order valence-corrected chi connectivity index (χ4v) is 2.88. The summed E-state index contributed by atoms with van der Waals surface area (Å²) in [6, 6.07) is 0. The Labute approximate surface area is 116 Å². The molecule has 0 spiro atoms. The standard InChI is InChI=1S/C10H17N3O6S/c1-7-10(8(2)13(11-7)6-9(14)15)20(16,17)12-19-5-4-18-3/h12H,4-6H2,1-3H3,(H,14,15). The molecule has 20 heavy (non-hydrogen) atoms. The second kappa shape index (κ2) is 6.79. The molecule has 1 heterocycles. The first-order chi connectivity index (χ1) is 9.29. The summed E-state index contributed by atoms with van der Waals surface area (Å²) in [4.78, 5) is 17.3. The number of aromatic nitrogens is 2. The first-order valence-corrected chi connectivity index (χ1v) is 7.16. The average Bonchev–Trinajstić information content (AvgIpc) is 2.60. The minimum absolute atomic E-state index is 0.0527. The fraction of sp³-hybridized carbons (Fsp3) is 0.600. The van der Waals surface area contributed by atoms with Gasteiger partial charge in [0, 0.05) is 7.11 Å². The summed E-state index contributed by atoms with van der Waals surface area (Å²) in [5, 5.41) is 12.6. The van der Waals surface area contributed by atoms with Crippen molar-refractivity contribution in [2.24, 2.45) is 0 Å². The van der Waals surface area contributed by atoms with Crippen molar-refractivity contribution in [3.63, 3.8) is 0 Å². The van der Waals surface area contributed by atoms with E-state index in [4.69, 9.17) is 14.7 Å². The lowest BCUT2D eigenvalue weighted by atomic mass is 10.4. The molecule has 0 aliphatic rings. The SMILES string of the molecule is COCCONS(=O)(=O)c1c(C)nn(CC(=O)O)c1C. The molecule has 0 atom stereocenters. The third-order valence-corrected chi connectivity index (χ3v) is 3.89. The van der Waals surface area contributed by atoms with Gasteiger partial charge >= 0.3 is 5.97 Å². The molecule has 1 aromatic heterocycles. The Hall–Kier alpha value is -1.49. The first-order valence-electron chi connectivity index (χ1n) is 5.68. The molecule has 2 N–H and O–H groups in total. The molecule has 0 saturated carbocycles. The van der Waals surface area contributed by atoms with Crippen LogP contribution in [0.4, 0.5) is 0 Å². The lowest BCUT2D eigenvalue weighted by Gasteiger charge is -2.07. The van der Waals surface area contributed by atoms with E-state index in [0.29, 0.717) is 0 Å². The topological polar surface area (TPSA) is 120 Å². The van der Waals surface area contributed by atoms with Gasteiger partial charge in [-0.05, 0) is 13.8 Å². The van der Waals surface area contributed by atoms with Gasteiger partial charge < -0.3 is 9.84 Å². The maximum Gasteiger partial charge on any atom is 0.325 e. The highest BCUT2D eigenvalue weighted by atomic mass is 32.2. The molecule has 1 rings (SSSR count). The van der Waals surface area contributed by atoms with E-state index in [-0.39, 0.29) is 29.5 Å². The van der Waals surface area contributed by atoms with Crippen LogP contribution in [0.5, 0.6) is 0 Å². The highest BCUT2D eigenvalue weighted by Gasteiger charge is 2.25. The maximum absolute atomic E-state index is 12.1. The lowest BCUT2D eigenvalue weighted by molar-refractivity contribution is -0.137. The number of aryl methyl sites for hydroxylation is 1. The van der Waals surface area contributed by atoms with Crippen molar-refractivity contribution in [1.29, 1.82) is 0 Å². The zero-order valence-corrected chi connectivity index (χ0v) is 12.2. The number of hydrogen-bond donors (Lipinski definition) is 2. The number of nitrogens with zero attached hydrogens (tertiary/aromatic N) is 2. The van der Waals surface area contributed by atoms with Crippen molar-refractivity contribution in [3.05, 3.63) is 11.4 Å². The molecule has 0 aliphatic heterocycles. The van der Waals surface area contributed by atoms with E-state index in [2.05, 4.69) is 5.10 Å². The molecule has 0 aromatic carbocycles. The van der Waals surface area contributed by atoms with Crippen LogP contribution >= 0.6 is 0 Å². The van der Waals surface area contributed by atoms with Crippen LogP contribution in [-0.2, 0) is 30.9 Å². The van der Waals surface area contributed by atoms with Gasteiger partial charge in [0.2, 0.25) is 0 Å². The number of aliphatic carboxylic acids is 1. The summed E-state index contributed by atoms with van der Waals surface area (Å²) < 4.78 is 29.9. The monoisotopic (exact) mass is 307 g/mol. The Morgan fingerprint density at radius 2 is 2.05 bits per heavy atom. The van der Waals surface area contributed by atoms with Gasteiger partial charge in [0.05, 0.1) is 24.6 Å². The fourth-order valence-electron chi connectivity index (χ4n) is 1.64. The molecule has 0 saturated heterocycles. The van der Waals surface area contributed by atoms with Crippen molar-refractivity contribution in [3.8, 4) is 0 Å². The zero-order valence-electron chi connectivity index (χ0n) is 11.4. The van der Waals surface area contributed by atoms with Crippen molar-refractivity contribution in [2.75, 3.05) is 20.3 Å². The van der Waals surface area contributed by atoms with E-state index in [1.165, 1.54) is 21.0 Å². The number of nitrogens with one attached hydrogen (secondary N) is 1. The van der Waals surface area contributed by atoms with E-state index in [1.807, 2.05) is 4.89 Å². The smallest absolute Gasteiger partial charge is 0.325 e. The molecule has 0 unspecified atom stereocenters. The van der Waals surface area contributed by atoms with Crippen LogP contribution in [0.2, 0.25) is 0 Å². The van der Waals surface area contributed by atoms with E-state index in [0.717, 1.165) is 4.68 Å². The average molecular weight is 307 g/mol. The number of sulfonamides is 1. The van der Waals surface area contributed by atoms with Gasteiger partial charge in [0.25, 0.3) is 10.0 Å². The summed E-state index contributed by atoms with van der Waals surface area (Å²) in [5.41, 5.74) is 0.430. The molecular weight excluding hydrogens is 290 g/mol. The van der Waals surface area contributed by atoms with Gasteiger partial charge in [0.1, 0.15) is 11.4 Å². The molecule has 0 amide bonds. The van der Waals surface area contributed by atoms with E-state index in [1.54, 1.807) is 0 Å². The van der Waals surface area contributed by atoms with E-state index in [9.17, 15) is 13.2 Å². The minimum atomic E-state index is -3.92. The molecule has 0 radical (unpaired) electrons. The van der Waals surface area contributed by atoms with Crippen molar-refractivity contribution in [2.45, 2.75) is 25.3 Å². The maximum atomic E-state index is 12.1. The van der Waals surface area contributed by atoms with Gasteiger partial charge in [0.15, 0.2) is 0 Å². The summed E-state index contributed by atoms with van der Waals surface area (Å²) in [6.45, 7) is 2.84. The largest absolute Gasteiger partial charge is 0.480 e. The second-order valence-electron chi connectivity index (χ2n) is 3.98. The van der Waals surface area contributed by atoms with Gasteiger partial charge in [-0.3, -0.25) is 14.3 Å². The number of ether oxygens (including phenoxy) is 1. The van der Waals surface area contributed by atoms with Gasteiger partial charge in [-0.25, -0.2) is 8.42 Å². The first kappa shape index (κ1) is 16.6. The number of carbonyl (C=O) groups is 1. The van der Waals surface area contributed by atoms with Crippen LogP contribution in [0.25, 0.3) is 0 Å². The number of carboxylic acids is 1. The Bertz CT molecular complexity index is 580. The molecule has 1 aromatic rings. The third-order valence-electron chi connectivity index (χ3n) is 2.43. The van der Waals surface area contributed by atoms with E-state index >= 15 is 0 Å². The number of carboxylic acid groups (broad SMARTS) is 1. The summed E-state index contributed by atoms with van der Waals surface area (Å²) in [5.74, 6) is -1.11. The predicted octanol–water partition coefficient (Wildman–Crippen LogP) is -0.559. The number of rotatable bonds is 8. The highest BCUT2D eigenvalue weighted by molar-refractivity contribution is 7.89. The van der Waals surface area contributed by atoms with Crippen LogP contribution in [0.15, 0.2) is 4.90 Å². The number of hydrogen-bond acceptors (Lipinski definition) is 6. The van der Waals surface area contributed by atoms with Crippen LogP contribution in [0, 0.1) is 13.8 Å². The van der Waals surface area contributed by atoms with Gasteiger partial charge in [-0.1, -0.05) is 4.89 Å². The van der Waals surface area contributed by atoms with Gasteiger partial charge in [-0.15, -0.1) is 0 Å². The zero-order chi connectivity index (χ0) is 15.3. The number of methoxy groups -OCH3 is 1. The molecule has 0 aliphatic carbocycles. The molecule has 0 bridgehead atoms. The Kier molecular flexibility index (Phi) is 5.62. The summed E-state index contributed by atoms with van der Waals surface area (Å²) in [7, 11) is -2.46. The Morgan fingerprint density at radius 1 is 1.40 bits per heavy atom. The summed E-state index contributed by atoms with van der Waals surface area (Å²) in [6.07, 6.45) is 0. The van der Waals surface area contributed by atoms with Gasteiger partial charge in [-0.2, -0.15) is 5.10 Å². The third kappa shape index (κ3) is 4.00. The molecule has 10 heteroatoms. The quantitative estimate of drug-likeness (QED) is 0.488.